The van der Waals surface area contributed by atoms with Gasteiger partial charge in [0.15, 0.2) is 0 Å². The van der Waals surface area contributed by atoms with Gasteiger partial charge in [0, 0.05) is 19.5 Å². The Balaban J connectivity index is 3.89. The lowest BCUT2D eigenvalue weighted by atomic mass is 10.1. The Labute approximate surface area is 145 Å². The minimum Gasteiger partial charge on any atom is -0.481 e. The van der Waals surface area contributed by atoms with Gasteiger partial charge in [0.05, 0.1) is 19.1 Å². The van der Waals surface area contributed by atoms with Crippen LogP contribution in [0.15, 0.2) is 0 Å². The molecule has 0 rings (SSSR count). The highest BCUT2D eigenvalue weighted by molar-refractivity contribution is 5.77. The first-order valence-electron chi connectivity index (χ1n) is 9.29. The van der Waals surface area contributed by atoms with Gasteiger partial charge in [0.1, 0.15) is 0 Å². The normalized spacial score (nSPS) is 12.1. The van der Waals surface area contributed by atoms with Crippen molar-refractivity contribution in [1.29, 1.82) is 0 Å². The molecule has 3 N–H and O–H groups in total. The molecule has 0 saturated heterocycles. The van der Waals surface area contributed by atoms with Gasteiger partial charge in [-0.05, 0) is 6.42 Å². The number of carbonyl (C=O) groups excluding carboxylic acids is 1. The Morgan fingerprint density at radius 1 is 0.917 bits per heavy atom. The van der Waals surface area contributed by atoms with E-state index in [-0.39, 0.29) is 25.4 Å². The molecular formula is C18H35NO5. The van der Waals surface area contributed by atoms with Gasteiger partial charge < -0.3 is 20.2 Å². The molecule has 1 atom stereocenters. The van der Waals surface area contributed by atoms with Crippen LogP contribution in [0.2, 0.25) is 0 Å². The summed E-state index contributed by atoms with van der Waals surface area (Å²) >= 11 is 0. The van der Waals surface area contributed by atoms with Crippen molar-refractivity contribution in [3.8, 4) is 0 Å². The standard InChI is InChI=1S/C18H35NO5/c1-2-3-4-5-6-7-8-9-10-11-17(22)19(13-12-18(23)24)14-16(21)15-20/h16,20-21H,2-15H2,1H3,(H,23,24). The average Bonchev–Trinajstić information content (AvgIpc) is 2.56. The van der Waals surface area contributed by atoms with Crippen molar-refractivity contribution in [3.63, 3.8) is 0 Å². The number of nitrogens with zero attached hydrogens (tertiary/aromatic N) is 1. The van der Waals surface area contributed by atoms with Gasteiger partial charge in [-0.25, -0.2) is 0 Å². The van der Waals surface area contributed by atoms with Crippen LogP contribution in [0.1, 0.15) is 77.6 Å². The molecule has 0 aromatic heterocycles. The molecule has 24 heavy (non-hydrogen) atoms. The van der Waals surface area contributed by atoms with Gasteiger partial charge in [0.2, 0.25) is 5.91 Å². The van der Waals surface area contributed by atoms with Gasteiger partial charge in [-0.3, -0.25) is 9.59 Å². The largest absolute Gasteiger partial charge is 0.481 e. The zero-order chi connectivity index (χ0) is 18.2. The van der Waals surface area contributed by atoms with Gasteiger partial charge >= 0.3 is 5.97 Å². The lowest BCUT2D eigenvalue weighted by molar-refractivity contribution is -0.139. The molecular weight excluding hydrogens is 310 g/mol. The maximum atomic E-state index is 12.2. The van der Waals surface area contributed by atoms with E-state index >= 15 is 0 Å². The summed E-state index contributed by atoms with van der Waals surface area (Å²) < 4.78 is 0. The van der Waals surface area contributed by atoms with Crippen LogP contribution < -0.4 is 0 Å². The van der Waals surface area contributed by atoms with Crippen molar-refractivity contribution >= 4 is 11.9 Å². The molecule has 0 fully saturated rings. The number of carbonyl (C=O) groups is 2. The summed E-state index contributed by atoms with van der Waals surface area (Å²) in [6.07, 6.45) is 9.70. The first kappa shape index (κ1) is 22.9. The molecule has 0 spiro atoms. The minimum absolute atomic E-state index is 0.0138. The summed E-state index contributed by atoms with van der Waals surface area (Å²) in [5.74, 6) is -1.12. The maximum Gasteiger partial charge on any atom is 0.305 e. The highest BCUT2D eigenvalue weighted by atomic mass is 16.4. The molecule has 0 heterocycles. The lowest BCUT2D eigenvalue weighted by Crippen LogP contribution is -2.40. The number of rotatable bonds is 16. The number of hydrogen-bond donors (Lipinski definition) is 3. The van der Waals surface area contributed by atoms with Crippen LogP contribution in [0.5, 0.6) is 0 Å². The first-order chi connectivity index (χ1) is 11.5. The summed E-state index contributed by atoms with van der Waals surface area (Å²) in [5.41, 5.74) is 0. The zero-order valence-electron chi connectivity index (χ0n) is 15.1. The quantitative estimate of drug-likeness (QED) is 0.373. The number of aliphatic hydroxyl groups excluding tert-OH is 2. The molecule has 0 radical (unpaired) electrons. The number of aliphatic carboxylic acids is 1. The third-order valence-electron chi connectivity index (χ3n) is 4.08. The Morgan fingerprint density at radius 3 is 1.96 bits per heavy atom. The number of unbranched alkanes of at least 4 members (excludes halogenated alkanes) is 8. The second-order valence-electron chi connectivity index (χ2n) is 6.40. The fraction of sp³-hybridized carbons (Fsp3) is 0.889. The van der Waals surface area contributed by atoms with Gasteiger partial charge in [-0.1, -0.05) is 58.3 Å². The highest BCUT2D eigenvalue weighted by Gasteiger charge is 2.17. The van der Waals surface area contributed by atoms with Crippen LogP contribution in [0.25, 0.3) is 0 Å². The van der Waals surface area contributed by atoms with E-state index in [0.717, 1.165) is 19.3 Å². The predicted molar refractivity (Wildman–Crippen MR) is 93.8 cm³/mol. The van der Waals surface area contributed by atoms with E-state index < -0.39 is 18.7 Å². The summed E-state index contributed by atoms with van der Waals surface area (Å²) in [6, 6.07) is 0. The maximum absolute atomic E-state index is 12.2. The molecule has 142 valence electrons. The monoisotopic (exact) mass is 345 g/mol. The summed E-state index contributed by atoms with van der Waals surface area (Å²) in [6.45, 7) is 1.83. The van der Waals surface area contributed by atoms with E-state index in [4.69, 9.17) is 10.2 Å². The Morgan fingerprint density at radius 2 is 1.46 bits per heavy atom. The van der Waals surface area contributed by atoms with Crippen LogP contribution in [0.4, 0.5) is 0 Å². The van der Waals surface area contributed by atoms with E-state index in [9.17, 15) is 14.7 Å². The number of carboxylic acids is 1. The predicted octanol–water partition coefficient (Wildman–Crippen LogP) is 2.56. The van der Waals surface area contributed by atoms with Crippen LogP contribution in [0, 0.1) is 0 Å². The molecule has 0 aromatic carbocycles. The Bertz CT molecular complexity index is 335. The average molecular weight is 345 g/mol. The van der Waals surface area contributed by atoms with Crippen LogP contribution in [0.3, 0.4) is 0 Å². The zero-order valence-corrected chi connectivity index (χ0v) is 15.1. The van der Waals surface area contributed by atoms with Crippen LogP contribution in [-0.4, -0.2) is 57.9 Å². The highest BCUT2D eigenvalue weighted by Crippen LogP contribution is 2.11. The van der Waals surface area contributed by atoms with Crippen molar-refractivity contribution in [2.45, 2.75) is 83.7 Å². The lowest BCUT2D eigenvalue weighted by Gasteiger charge is -2.24. The van der Waals surface area contributed by atoms with Crippen LogP contribution in [-0.2, 0) is 9.59 Å². The molecule has 0 aliphatic rings. The molecule has 6 nitrogen and oxygen atoms in total. The van der Waals surface area contributed by atoms with Gasteiger partial charge in [-0.15, -0.1) is 0 Å². The summed E-state index contributed by atoms with van der Waals surface area (Å²) in [4.78, 5) is 24.2. The SMILES string of the molecule is CCCCCCCCCCCC(=O)N(CCC(=O)O)CC(O)CO. The molecule has 0 aromatic rings. The topological polar surface area (TPSA) is 98.1 Å². The molecule has 0 aliphatic heterocycles. The van der Waals surface area contributed by atoms with Crippen molar-refractivity contribution < 1.29 is 24.9 Å². The molecule has 0 saturated carbocycles. The van der Waals surface area contributed by atoms with Gasteiger partial charge in [-0.2, -0.15) is 0 Å². The summed E-state index contributed by atoms with van der Waals surface area (Å²) in [5, 5.41) is 27.1. The second kappa shape index (κ2) is 15.4. The van der Waals surface area contributed by atoms with E-state index in [2.05, 4.69) is 6.92 Å². The summed E-state index contributed by atoms with van der Waals surface area (Å²) in [7, 11) is 0. The Hall–Kier alpha value is -1.14. The number of amides is 1. The molecule has 0 aliphatic carbocycles. The fourth-order valence-corrected chi connectivity index (χ4v) is 2.61. The molecule has 1 unspecified atom stereocenters. The van der Waals surface area contributed by atoms with E-state index in [1.165, 1.54) is 43.4 Å². The Kier molecular flexibility index (Phi) is 14.7. The molecule has 1 amide bonds. The number of hydrogen-bond acceptors (Lipinski definition) is 4. The van der Waals surface area contributed by atoms with Crippen molar-refractivity contribution in [2.24, 2.45) is 0 Å². The van der Waals surface area contributed by atoms with Crippen LogP contribution >= 0.6 is 0 Å². The number of aliphatic hydroxyl groups is 2. The molecule has 0 bridgehead atoms. The van der Waals surface area contributed by atoms with Gasteiger partial charge in [0.25, 0.3) is 0 Å². The third-order valence-corrected chi connectivity index (χ3v) is 4.08. The number of carboxylic acid groups (broad SMARTS) is 1. The second-order valence-corrected chi connectivity index (χ2v) is 6.40. The van der Waals surface area contributed by atoms with Crippen molar-refractivity contribution in [3.05, 3.63) is 0 Å². The molecule has 6 heteroatoms. The van der Waals surface area contributed by atoms with Crippen molar-refractivity contribution in [2.75, 3.05) is 19.7 Å². The fourth-order valence-electron chi connectivity index (χ4n) is 2.61. The minimum atomic E-state index is -1.02. The first-order valence-corrected chi connectivity index (χ1v) is 9.29. The van der Waals surface area contributed by atoms with Crippen molar-refractivity contribution in [1.82, 2.24) is 4.90 Å². The smallest absolute Gasteiger partial charge is 0.305 e. The van der Waals surface area contributed by atoms with E-state index in [1.54, 1.807) is 0 Å². The van der Waals surface area contributed by atoms with E-state index in [1.807, 2.05) is 0 Å². The third kappa shape index (κ3) is 13.3. The van der Waals surface area contributed by atoms with E-state index in [0.29, 0.717) is 6.42 Å².